The Morgan fingerprint density at radius 2 is 2.54 bits per heavy atom. The van der Waals surface area contributed by atoms with E-state index in [0.717, 1.165) is 5.69 Å². The molecule has 1 amide bonds. The van der Waals surface area contributed by atoms with Gasteiger partial charge in [-0.05, 0) is 6.92 Å². The molecule has 2 N–H and O–H groups in total. The number of rotatable bonds is 3. The first-order valence-corrected chi connectivity index (χ1v) is 4.93. The van der Waals surface area contributed by atoms with Crippen LogP contribution in [-0.2, 0) is 11.3 Å². The third-order valence-corrected chi connectivity index (χ3v) is 2.28. The largest absolute Gasteiger partial charge is 0.338 e. The molecule has 0 aliphatic rings. The zero-order valence-corrected chi connectivity index (χ0v) is 8.54. The maximum absolute atomic E-state index is 11.3. The molecule has 1 aromatic heterocycles. The summed E-state index contributed by atoms with van der Waals surface area (Å²) in [4.78, 5) is 17.0. The van der Waals surface area contributed by atoms with Gasteiger partial charge in [-0.25, -0.2) is 4.98 Å². The number of carbonyl (C=O) groups excluding carboxylic acids is 1. The number of carbonyl (C=O) groups is 1. The zero-order valence-electron chi connectivity index (χ0n) is 7.73. The second-order valence-corrected chi connectivity index (χ2v) is 3.68. The van der Waals surface area contributed by atoms with Gasteiger partial charge in [-0.1, -0.05) is 0 Å². The quantitative estimate of drug-likeness (QED) is 0.769. The van der Waals surface area contributed by atoms with Gasteiger partial charge < -0.3 is 10.6 Å². The lowest BCUT2D eigenvalue weighted by molar-refractivity contribution is -0.131. The van der Waals surface area contributed by atoms with Crippen LogP contribution in [0.2, 0.25) is 0 Å². The molecule has 1 unspecified atom stereocenters. The SMILES string of the molecule is CC(N)C(=O)N(C)Cc1cscn1. The lowest BCUT2D eigenvalue weighted by Crippen LogP contribution is -2.39. The van der Waals surface area contributed by atoms with Crippen molar-refractivity contribution in [2.45, 2.75) is 19.5 Å². The second-order valence-electron chi connectivity index (χ2n) is 2.96. The topological polar surface area (TPSA) is 59.2 Å². The van der Waals surface area contributed by atoms with E-state index in [1.165, 1.54) is 11.3 Å². The minimum Gasteiger partial charge on any atom is -0.338 e. The molecule has 0 radical (unpaired) electrons. The Bertz CT molecular complexity index is 271. The van der Waals surface area contributed by atoms with Gasteiger partial charge in [0.1, 0.15) is 0 Å². The summed E-state index contributed by atoms with van der Waals surface area (Å²) in [5.74, 6) is -0.0620. The van der Waals surface area contributed by atoms with Gasteiger partial charge in [-0.3, -0.25) is 4.79 Å². The lowest BCUT2D eigenvalue weighted by Gasteiger charge is -2.17. The molecule has 13 heavy (non-hydrogen) atoms. The molecule has 4 nitrogen and oxygen atoms in total. The monoisotopic (exact) mass is 199 g/mol. The molecule has 1 atom stereocenters. The molecule has 0 aromatic carbocycles. The Hall–Kier alpha value is -0.940. The van der Waals surface area contributed by atoms with Crippen LogP contribution in [0.3, 0.4) is 0 Å². The summed E-state index contributed by atoms with van der Waals surface area (Å²) >= 11 is 1.52. The van der Waals surface area contributed by atoms with Crippen LogP contribution in [0.15, 0.2) is 10.9 Å². The molecule has 0 aliphatic heterocycles. The normalized spacial score (nSPS) is 12.5. The van der Waals surface area contributed by atoms with E-state index in [2.05, 4.69) is 4.98 Å². The third-order valence-electron chi connectivity index (χ3n) is 1.65. The first-order chi connectivity index (χ1) is 6.11. The standard InChI is InChI=1S/C8H13N3OS/c1-6(9)8(12)11(2)3-7-4-13-5-10-7/h4-6H,3,9H2,1-2H3. The predicted octanol–water partition coefficient (Wildman–Crippen LogP) is 0.449. The van der Waals surface area contributed by atoms with Gasteiger partial charge in [0, 0.05) is 12.4 Å². The fourth-order valence-corrected chi connectivity index (χ4v) is 1.53. The fourth-order valence-electron chi connectivity index (χ4n) is 0.984. The van der Waals surface area contributed by atoms with E-state index in [0.29, 0.717) is 6.54 Å². The van der Waals surface area contributed by atoms with E-state index in [1.54, 1.807) is 24.4 Å². The van der Waals surface area contributed by atoms with Gasteiger partial charge in [0.25, 0.3) is 0 Å². The van der Waals surface area contributed by atoms with Gasteiger partial charge in [-0.15, -0.1) is 11.3 Å². The lowest BCUT2D eigenvalue weighted by atomic mass is 10.3. The molecule has 0 saturated carbocycles. The van der Waals surface area contributed by atoms with Crippen LogP contribution in [0.4, 0.5) is 0 Å². The summed E-state index contributed by atoms with van der Waals surface area (Å²) in [6, 6.07) is -0.441. The fraction of sp³-hybridized carbons (Fsp3) is 0.500. The molecule has 0 aliphatic carbocycles. The van der Waals surface area contributed by atoms with Crippen LogP contribution >= 0.6 is 11.3 Å². The van der Waals surface area contributed by atoms with Crippen LogP contribution < -0.4 is 5.73 Å². The average Bonchev–Trinajstić information content (AvgIpc) is 2.55. The van der Waals surface area contributed by atoms with E-state index in [-0.39, 0.29) is 5.91 Å². The summed E-state index contributed by atoms with van der Waals surface area (Å²) in [6.07, 6.45) is 0. The molecular formula is C8H13N3OS. The highest BCUT2D eigenvalue weighted by atomic mass is 32.1. The molecule has 1 heterocycles. The molecule has 1 aromatic rings. The van der Waals surface area contributed by atoms with Crippen molar-refractivity contribution in [1.82, 2.24) is 9.88 Å². The first kappa shape index (κ1) is 10.1. The molecule has 0 saturated heterocycles. The molecule has 0 spiro atoms. The van der Waals surface area contributed by atoms with Crippen molar-refractivity contribution in [3.63, 3.8) is 0 Å². The third kappa shape index (κ3) is 2.78. The summed E-state index contributed by atoms with van der Waals surface area (Å²) < 4.78 is 0. The zero-order chi connectivity index (χ0) is 9.84. The number of nitrogens with two attached hydrogens (primary N) is 1. The van der Waals surface area contributed by atoms with Crippen LogP contribution in [0.1, 0.15) is 12.6 Å². The number of hydrogen-bond acceptors (Lipinski definition) is 4. The Labute approximate surface area is 81.4 Å². The molecule has 0 fully saturated rings. The Morgan fingerprint density at radius 1 is 1.85 bits per heavy atom. The number of thiazole rings is 1. The van der Waals surface area contributed by atoms with Crippen molar-refractivity contribution in [1.29, 1.82) is 0 Å². The second kappa shape index (κ2) is 4.34. The van der Waals surface area contributed by atoms with Crippen molar-refractivity contribution in [2.24, 2.45) is 5.73 Å². The van der Waals surface area contributed by atoms with Crippen LogP contribution in [0, 0.1) is 0 Å². The van der Waals surface area contributed by atoms with Gasteiger partial charge in [0.15, 0.2) is 0 Å². The van der Waals surface area contributed by atoms with Crippen molar-refractivity contribution in [3.05, 3.63) is 16.6 Å². The van der Waals surface area contributed by atoms with Gasteiger partial charge >= 0.3 is 0 Å². The number of nitrogens with zero attached hydrogens (tertiary/aromatic N) is 2. The maximum Gasteiger partial charge on any atom is 0.239 e. The van der Waals surface area contributed by atoms with Crippen molar-refractivity contribution in [2.75, 3.05) is 7.05 Å². The first-order valence-electron chi connectivity index (χ1n) is 3.99. The Balaban J connectivity index is 2.51. The highest BCUT2D eigenvalue weighted by Gasteiger charge is 2.13. The van der Waals surface area contributed by atoms with E-state index in [4.69, 9.17) is 5.73 Å². The highest BCUT2D eigenvalue weighted by Crippen LogP contribution is 2.04. The van der Waals surface area contributed by atoms with Crippen LogP contribution in [0.5, 0.6) is 0 Å². The Morgan fingerprint density at radius 3 is 3.00 bits per heavy atom. The minimum absolute atomic E-state index is 0.0620. The average molecular weight is 199 g/mol. The summed E-state index contributed by atoms with van der Waals surface area (Å²) in [6.45, 7) is 2.21. The summed E-state index contributed by atoms with van der Waals surface area (Å²) in [7, 11) is 1.73. The van der Waals surface area contributed by atoms with Crippen LogP contribution in [0.25, 0.3) is 0 Å². The minimum atomic E-state index is -0.441. The van der Waals surface area contributed by atoms with Crippen molar-refractivity contribution >= 4 is 17.2 Å². The van der Waals surface area contributed by atoms with E-state index in [1.807, 2.05) is 5.38 Å². The van der Waals surface area contributed by atoms with Crippen LogP contribution in [-0.4, -0.2) is 28.9 Å². The Kier molecular flexibility index (Phi) is 3.39. The van der Waals surface area contributed by atoms with Gasteiger partial charge in [-0.2, -0.15) is 0 Å². The molecule has 0 bridgehead atoms. The molecular weight excluding hydrogens is 186 g/mol. The molecule has 5 heteroatoms. The summed E-state index contributed by atoms with van der Waals surface area (Å²) in [5, 5.41) is 1.92. The number of aromatic nitrogens is 1. The number of hydrogen-bond donors (Lipinski definition) is 1. The molecule has 1 rings (SSSR count). The highest BCUT2D eigenvalue weighted by molar-refractivity contribution is 7.07. The number of amides is 1. The summed E-state index contributed by atoms with van der Waals surface area (Å²) in [5.41, 5.74) is 8.11. The van der Waals surface area contributed by atoms with E-state index >= 15 is 0 Å². The number of likely N-dealkylation sites (N-methyl/N-ethyl adjacent to an activating group) is 1. The van der Waals surface area contributed by atoms with Crippen molar-refractivity contribution in [3.8, 4) is 0 Å². The van der Waals surface area contributed by atoms with Crippen molar-refractivity contribution < 1.29 is 4.79 Å². The van der Waals surface area contributed by atoms with E-state index in [9.17, 15) is 4.79 Å². The maximum atomic E-state index is 11.3. The molecule has 72 valence electrons. The van der Waals surface area contributed by atoms with Gasteiger partial charge in [0.2, 0.25) is 5.91 Å². The van der Waals surface area contributed by atoms with E-state index < -0.39 is 6.04 Å². The van der Waals surface area contributed by atoms with Gasteiger partial charge in [0.05, 0.1) is 23.8 Å². The predicted molar refractivity (Wildman–Crippen MR) is 52.2 cm³/mol. The smallest absolute Gasteiger partial charge is 0.239 e.